The molecule has 0 bridgehead atoms. The summed E-state index contributed by atoms with van der Waals surface area (Å²) < 4.78 is 52.2. The molecular formula is C17H13BrF3NO5. The van der Waals surface area contributed by atoms with Gasteiger partial charge in [0.1, 0.15) is 5.70 Å². The van der Waals surface area contributed by atoms with Crippen LogP contribution in [-0.4, -0.2) is 32.5 Å². The number of methoxy groups -OCH3 is 2. The van der Waals surface area contributed by atoms with E-state index in [0.29, 0.717) is 4.47 Å². The average Bonchev–Trinajstić information content (AvgIpc) is 2.83. The zero-order valence-corrected chi connectivity index (χ0v) is 15.6. The van der Waals surface area contributed by atoms with E-state index in [1.165, 1.54) is 36.6 Å². The number of carbonyl (C=O) groups is 2. The number of rotatable bonds is 4. The number of anilines is 1. The molecule has 6 nitrogen and oxygen atoms in total. The SMILES string of the molecule is COC(=O)C1=C(C(=O)OC)N(c2cc(Br)ccc2OC(F)(F)F)C=CC=C1. The molecule has 0 aromatic heterocycles. The van der Waals surface area contributed by atoms with Gasteiger partial charge in [0, 0.05) is 10.7 Å². The molecule has 0 aliphatic carbocycles. The van der Waals surface area contributed by atoms with Crippen molar-refractivity contribution in [2.45, 2.75) is 6.36 Å². The van der Waals surface area contributed by atoms with Crippen LogP contribution >= 0.6 is 15.9 Å². The second kappa shape index (κ2) is 8.30. The van der Waals surface area contributed by atoms with Crippen LogP contribution in [0, 0.1) is 0 Å². The van der Waals surface area contributed by atoms with Crippen molar-refractivity contribution in [3.8, 4) is 5.75 Å². The number of carbonyl (C=O) groups excluding carboxylic acids is 2. The first-order valence-electron chi connectivity index (χ1n) is 7.28. The van der Waals surface area contributed by atoms with Gasteiger partial charge in [-0.3, -0.25) is 0 Å². The highest BCUT2D eigenvalue weighted by molar-refractivity contribution is 9.10. The fourth-order valence-electron chi connectivity index (χ4n) is 2.24. The summed E-state index contributed by atoms with van der Waals surface area (Å²) in [4.78, 5) is 25.5. The molecule has 0 spiro atoms. The highest BCUT2D eigenvalue weighted by Gasteiger charge is 2.35. The fraction of sp³-hybridized carbons (Fsp3) is 0.176. The molecule has 27 heavy (non-hydrogen) atoms. The van der Waals surface area contributed by atoms with Crippen molar-refractivity contribution in [1.82, 2.24) is 0 Å². The quantitative estimate of drug-likeness (QED) is 0.653. The van der Waals surface area contributed by atoms with Gasteiger partial charge in [0.2, 0.25) is 0 Å². The van der Waals surface area contributed by atoms with Gasteiger partial charge in [0.05, 0.1) is 25.5 Å². The third-order valence-corrected chi connectivity index (χ3v) is 3.79. The van der Waals surface area contributed by atoms with Gasteiger partial charge in [-0.25, -0.2) is 9.59 Å². The normalized spacial score (nSPS) is 14.1. The van der Waals surface area contributed by atoms with Crippen molar-refractivity contribution < 1.29 is 37.0 Å². The van der Waals surface area contributed by atoms with Gasteiger partial charge in [-0.15, -0.1) is 13.2 Å². The predicted molar refractivity (Wildman–Crippen MR) is 92.6 cm³/mol. The lowest BCUT2D eigenvalue weighted by atomic mass is 10.1. The molecule has 144 valence electrons. The fourth-order valence-corrected chi connectivity index (χ4v) is 2.59. The molecule has 0 saturated heterocycles. The number of benzene rings is 1. The van der Waals surface area contributed by atoms with Gasteiger partial charge in [0.25, 0.3) is 0 Å². The summed E-state index contributed by atoms with van der Waals surface area (Å²) >= 11 is 3.17. The van der Waals surface area contributed by atoms with Gasteiger partial charge >= 0.3 is 18.3 Å². The van der Waals surface area contributed by atoms with Crippen LogP contribution in [0.3, 0.4) is 0 Å². The summed E-state index contributed by atoms with van der Waals surface area (Å²) in [6.45, 7) is 0. The van der Waals surface area contributed by atoms with Crippen LogP contribution in [0.4, 0.5) is 18.9 Å². The maximum Gasteiger partial charge on any atom is 0.573 e. The predicted octanol–water partition coefficient (Wildman–Crippen LogP) is 3.84. The van der Waals surface area contributed by atoms with E-state index in [4.69, 9.17) is 4.74 Å². The van der Waals surface area contributed by atoms with Gasteiger partial charge in [-0.05, 0) is 30.4 Å². The third kappa shape index (κ3) is 4.91. The molecule has 0 amide bonds. The highest BCUT2D eigenvalue weighted by atomic mass is 79.9. The lowest BCUT2D eigenvalue weighted by molar-refractivity contribution is -0.274. The number of halogens is 4. The van der Waals surface area contributed by atoms with Crippen LogP contribution in [-0.2, 0) is 19.1 Å². The number of esters is 2. The van der Waals surface area contributed by atoms with Crippen molar-refractivity contribution in [1.29, 1.82) is 0 Å². The first kappa shape index (κ1) is 20.6. The van der Waals surface area contributed by atoms with E-state index < -0.39 is 24.1 Å². The minimum atomic E-state index is -4.96. The number of ether oxygens (including phenoxy) is 3. The summed E-state index contributed by atoms with van der Waals surface area (Å²) in [6.07, 6.45) is 0.478. The molecule has 0 radical (unpaired) electrons. The molecule has 1 aromatic carbocycles. The van der Waals surface area contributed by atoms with Crippen LogP contribution in [0.1, 0.15) is 0 Å². The first-order valence-corrected chi connectivity index (χ1v) is 8.07. The summed E-state index contributed by atoms with van der Waals surface area (Å²) in [5, 5.41) is 0. The monoisotopic (exact) mass is 447 g/mol. The minimum Gasteiger partial charge on any atom is -0.465 e. The standard InChI is InChI=1S/C17H13BrF3NO5/c1-25-15(23)11-5-3-4-8-22(14(11)16(24)26-2)12-9-10(18)6-7-13(12)27-17(19,20)21/h3-9H,1-2H3. The molecule has 1 heterocycles. The molecule has 0 N–H and O–H groups in total. The molecule has 1 aliphatic heterocycles. The second-order valence-electron chi connectivity index (χ2n) is 4.98. The Kier molecular flexibility index (Phi) is 6.32. The second-order valence-corrected chi connectivity index (χ2v) is 5.89. The Hall–Kier alpha value is -2.75. The Labute approximate surface area is 160 Å². The van der Waals surface area contributed by atoms with E-state index >= 15 is 0 Å². The maximum atomic E-state index is 12.8. The number of hydrogen-bond acceptors (Lipinski definition) is 6. The Bertz CT molecular complexity index is 845. The molecule has 0 atom stereocenters. The van der Waals surface area contributed by atoms with Gasteiger partial charge in [-0.1, -0.05) is 22.0 Å². The van der Waals surface area contributed by atoms with E-state index in [9.17, 15) is 22.8 Å². The lowest BCUT2D eigenvalue weighted by Gasteiger charge is -2.25. The van der Waals surface area contributed by atoms with Crippen LogP contribution in [0.5, 0.6) is 5.75 Å². The first-order chi connectivity index (χ1) is 12.7. The number of nitrogens with zero attached hydrogens (tertiary/aromatic N) is 1. The Balaban J connectivity index is 2.72. The van der Waals surface area contributed by atoms with E-state index in [-0.39, 0.29) is 17.0 Å². The Morgan fingerprint density at radius 3 is 2.33 bits per heavy atom. The van der Waals surface area contributed by atoms with E-state index in [1.807, 2.05) is 0 Å². The number of alkyl halides is 3. The third-order valence-electron chi connectivity index (χ3n) is 3.30. The van der Waals surface area contributed by atoms with E-state index in [2.05, 4.69) is 25.4 Å². The lowest BCUT2D eigenvalue weighted by Crippen LogP contribution is -2.28. The summed E-state index contributed by atoms with van der Waals surface area (Å²) in [5.74, 6) is -2.40. The summed E-state index contributed by atoms with van der Waals surface area (Å²) in [7, 11) is 2.19. The summed E-state index contributed by atoms with van der Waals surface area (Å²) in [6, 6.07) is 3.72. The molecule has 10 heteroatoms. The summed E-state index contributed by atoms with van der Waals surface area (Å²) in [5.41, 5.74) is -0.685. The zero-order valence-electron chi connectivity index (χ0n) is 14.0. The van der Waals surface area contributed by atoms with Crippen molar-refractivity contribution in [3.63, 3.8) is 0 Å². The molecule has 0 unspecified atom stereocenters. The molecule has 0 fully saturated rings. The Morgan fingerprint density at radius 1 is 1.07 bits per heavy atom. The maximum absolute atomic E-state index is 12.8. The topological polar surface area (TPSA) is 65.1 Å². The molecular weight excluding hydrogens is 435 g/mol. The van der Waals surface area contributed by atoms with Crippen LogP contribution in [0.15, 0.2) is 58.4 Å². The Morgan fingerprint density at radius 2 is 1.74 bits per heavy atom. The van der Waals surface area contributed by atoms with E-state index in [1.54, 1.807) is 0 Å². The van der Waals surface area contributed by atoms with Crippen LogP contribution in [0.2, 0.25) is 0 Å². The van der Waals surface area contributed by atoms with Crippen molar-refractivity contribution >= 4 is 33.6 Å². The van der Waals surface area contributed by atoms with Crippen molar-refractivity contribution in [2.75, 3.05) is 19.1 Å². The zero-order chi connectivity index (χ0) is 20.2. The van der Waals surface area contributed by atoms with Crippen molar-refractivity contribution in [2.24, 2.45) is 0 Å². The molecule has 0 saturated carbocycles. The van der Waals surface area contributed by atoms with Crippen LogP contribution in [0.25, 0.3) is 0 Å². The average molecular weight is 448 g/mol. The number of hydrogen-bond donors (Lipinski definition) is 0. The minimum absolute atomic E-state index is 0.150. The molecule has 2 rings (SSSR count). The molecule has 1 aromatic rings. The number of allylic oxidation sites excluding steroid dienone is 2. The van der Waals surface area contributed by atoms with Gasteiger partial charge < -0.3 is 19.1 Å². The largest absolute Gasteiger partial charge is 0.573 e. The molecule has 1 aliphatic rings. The highest BCUT2D eigenvalue weighted by Crippen LogP contribution is 2.38. The van der Waals surface area contributed by atoms with Crippen molar-refractivity contribution in [3.05, 3.63) is 58.4 Å². The van der Waals surface area contributed by atoms with Crippen LogP contribution < -0.4 is 9.64 Å². The van der Waals surface area contributed by atoms with Gasteiger partial charge in [-0.2, -0.15) is 0 Å². The smallest absolute Gasteiger partial charge is 0.465 e. The van der Waals surface area contributed by atoms with Gasteiger partial charge in [0.15, 0.2) is 5.75 Å². The van der Waals surface area contributed by atoms with E-state index in [0.717, 1.165) is 25.2 Å².